The molecule has 0 bridgehead atoms. The van der Waals surface area contributed by atoms with Crippen molar-refractivity contribution in [3.05, 3.63) is 65.9 Å². The highest BCUT2D eigenvalue weighted by Gasteiger charge is 2.22. The number of fused-ring (bicyclic) bond motifs is 1. The first-order chi connectivity index (χ1) is 17.6. The summed E-state index contributed by atoms with van der Waals surface area (Å²) < 4.78 is 13.4. The van der Waals surface area contributed by atoms with Crippen LogP contribution in [0, 0.1) is 5.92 Å². The van der Waals surface area contributed by atoms with Gasteiger partial charge in [0.2, 0.25) is 0 Å². The molecular weight excluding hydrogens is 456 g/mol. The molecule has 1 N–H and O–H groups in total. The van der Waals surface area contributed by atoms with Gasteiger partial charge in [-0.05, 0) is 55.7 Å². The molecule has 1 heterocycles. The Morgan fingerprint density at radius 3 is 2.58 bits per heavy atom. The largest absolute Gasteiger partial charge is 0.492 e. The second-order valence-electron chi connectivity index (χ2n) is 9.26. The highest BCUT2D eigenvalue weighted by molar-refractivity contribution is 6.04. The Bertz CT molecular complexity index is 1160. The standard InChI is InChI=1S/C29H36N2O5/c1-3-35-27(29(32)33)19-21-9-12-25(13-10-21)36-18-17-31-16-15-23-20-24(11-14-26(23)31)28(30-34-2)22-7-5-4-6-8-22/h9-16,20,22,27H,3-8,17-19H2,1-2H3,(H,32,33)/b30-28+. The normalized spacial score (nSPS) is 15.7. The third-order valence-corrected chi connectivity index (χ3v) is 6.84. The fourth-order valence-corrected chi connectivity index (χ4v) is 5.01. The molecule has 0 amide bonds. The van der Waals surface area contributed by atoms with Gasteiger partial charge in [-0.2, -0.15) is 0 Å². The topological polar surface area (TPSA) is 82.3 Å². The summed E-state index contributed by atoms with van der Waals surface area (Å²) in [6.45, 7) is 3.41. The lowest BCUT2D eigenvalue weighted by Gasteiger charge is -2.23. The van der Waals surface area contributed by atoms with Crippen LogP contribution in [0.3, 0.4) is 0 Å². The van der Waals surface area contributed by atoms with Crippen LogP contribution in [-0.4, -0.2) is 47.8 Å². The molecule has 0 saturated heterocycles. The number of rotatable bonds is 12. The summed E-state index contributed by atoms with van der Waals surface area (Å²) in [7, 11) is 1.62. The van der Waals surface area contributed by atoms with Crippen LogP contribution in [0.4, 0.5) is 0 Å². The van der Waals surface area contributed by atoms with Crippen LogP contribution in [0.15, 0.2) is 59.9 Å². The number of oxime groups is 1. The van der Waals surface area contributed by atoms with Crippen LogP contribution < -0.4 is 4.74 Å². The molecule has 7 heteroatoms. The molecule has 0 aliphatic heterocycles. The Morgan fingerprint density at radius 2 is 1.89 bits per heavy atom. The molecule has 0 spiro atoms. The molecule has 7 nitrogen and oxygen atoms in total. The summed E-state index contributed by atoms with van der Waals surface area (Å²) in [5, 5.41) is 14.9. The van der Waals surface area contributed by atoms with Crippen LogP contribution >= 0.6 is 0 Å². The van der Waals surface area contributed by atoms with Gasteiger partial charge in [0.05, 0.1) is 12.3 Å². The van der Waals surface area contributed by atoms with E-state index in [2.05, 4.69) is 40.2 Å². The summed E-state index contributed by atoms with van der Waals surface area (Å²) in [5.41, 5.74) is 4.27. The van der Waals surface area contributed by atoms with E-state index in [0.717, 1.165) is 34.6 Å². The quantitative estimate of drug-likeness (QED) is 0.260. The van der Waals surface area contributed by atoms with E-state index in [4.69, 9.17) is 14.3 Å². The van der Waals surface area contributed by atoms with Crippen molar-refractivity contribution >= 4 is 22.6 Å². The molecule has 1 atom stereocenters. The van der Waals surface area contributed by atoms with Crippen molar-refractivity contribution in [2.45, 2.75) is 58.1 Å². The van der Waals surface area contributed by atoms with E-state index in [9.17, 15) is 9.90 Å². The van der Waals surface area contributed by atoms with Gasteiger partial charge < -0.3 is 24.0 Å². The highest BCUT2D eigenvalue weighted by Crippen LogP contribution is 2.29. The van der Waals surface area contributed by atoms with Crippen molar-refractivity contribution in [1.82, 2.24) is 4.57 Å². The predicted octanol–water partition coefficient (Wildman–Crippen LogP) is 5.68. The zero-order valence-electron chi connectivity index (χ0n) is 21.2. The molecule has 1 aliphatic carbocycles. The first-order valence-electron chi connectivity index (χ1n) is 12.9. The average molecular weight is 493 g/mol. The Kier molecular flexibility index (Phi) is 9.01. The van der Waals surface area contributed by atoms with Crippen molar-refractivity contribution in [3.8, 4) is 5.75 Å². The van der Waals surface area contributed by atoms with E-state index in [0.29, 0.717) is 25.6 Å². The molecule has 36 heavy (non-hydrogen) atoms. The Morgan fingerprint density at radius 1 is 1.11 bits per heavy atom. The first kappa shape index (κ1) is 25.8. The molecule has 1 aromatic heterocycles. The molecule has 2 aromatic carbocycles. The molecule has 1 saturated carbocycles. The lowest BCUT2D eigenvalue weighted by molar-refractivity contribution is -0.149. The summed E-state index contributed by atoms with van der Waals surface area (Å²) in [6.07, 6.45) is 7.76. The minimum absolute atomic E-state index is 0.332. The van der Waals surface area contributed by atoms with E-state index in [1.165, 1.54) is 37.5 Å². The number of hydrogen-bond acceptors (Lipinski definition) is 5. The highest BCUT2D eigenvalue weighted by atomic mass is 16.6. The second-order valence-corrected chi connectivity index (χ2v) is 9.26. The second kappa shape index (κ2) is 12.6. The number of aromatic nitrogens is 1. The zero-order chi connectivity index (χ0) is 25.3. The minimum Gasteiger partial charge on any atom is -0.492 e. The number of ether oxygens (including phenoxy) is 2. The Balaban J connectivity index is 1.36. The van der Waals surface area contributed by atoms with Crippen LogP contribution in [0.1, 0.15) is 50.2 Å². The van der Waals surface area contributed by atoms with Crippen LogP contribution in [0.5, 0.6) is 5.75 Å². The van der Waals surface area contributed by atoms with Crippen LogP contribution in [0.2, 0.25) is 0 Å². The fourth-order valence-electron chi connectivity index (χ4n) is 5.01. The monoisotopic (exact) mass is 492 g/mol. The molecular formula is C29H36N2O5. The number of aliphatic carboxylic acids is 1. The summed E-state index contributed by atoms with van der Waals surface area (Å²) in [6, 6.07) is 16.2. The van der Waals surface area contributed by atoms with Gasteiger partial charge in [0.1, 0.15) is 19.5 Å². The molecule has 3 aromatic rings. The van der Waals surface area contributed by atoms with Gasteiger partial charge in [0.15, 0.2) is 6.10 Å². The number of carbonyl (C=O) groups is 1. The van der Waals surface area contributed by atoms with Gasteiger partial charge in [0, 0.05) is 41.6 Å². The summed E-state index contributed by atoms with van der Waals surface area (Å²) >= 11 is 0. The van der Waals surface area contributed by atoms with Crippen LogP contribution in [0.25, 0.3) is 10.9 Å². The number of benzene rings is 2. The number of nitrogens with zero attached hydrogens (tertiary/aromatic N) is 2. The van der Waals surface area contributed by atoms with Crippen molar-refractivity contribution < 1.29 is 24.2 Å². The van der Waals surface area contributed by atoms with E-state index in [1.807, 2.05) is 24.3 Å². The van der Waals surface area contributed by atoms with Gasteiger partial charge >= 0.3 is 5.97 Å². The van der Waals surface area contributed by atoms with Crippen molar-refractivity contribution in [1.29, 1.82) is 0 Å². The number of hydrogen-bond donors (Lipinski definition) is 1. The van der Waals surface area contributed by atoms with Crippen molar-refractivity contribution in [2.24, 2.45) is 11.1 Å². The average Bonchev–Trinajstić information content (AvgIpc) is 3.30. The third-order valence-electron chi connectivity index (χ3n) is 6.84. The van der Waals surface area contributed by atoms with E-state index >= 15 is 0 Å². The van der Waals surface area contributed by atoms with Gasteiger partial charge in [-0.3, -0.25) is 0 Å². The van der Waals surface area contributed by atoms with Gasteiger partial charge in [-0.15, -0.1) is 0 Å². The Labute approximate surface area is 212 Å². The SMILES string of the molecule is CCOC(Cc1ccc(OCCn2ccc3cc(/C(=N/OC)C4CCCCC4)ccc32)cc1)C(=O)O. The molecule has 1 fully saturated rings. The molecule has 1 aliphatic rings. The molecule has 4 rings (SSSR count). The molecule has 1 unspecified atom stereocenters. The van der Waals surface area contributed by atoms with Crippen molar-refractivity contribution in [3.63, 3.8) is 0 Å². The van der Waals surface area contributed by atoms with E-state index in [-0.39, 0.29) is 0 Å². The smallest absolute Gasteiger partial charge is 0.333 e. The first-order valence-corrected chi connectivity index (χ1v) is 12.9. The predicted molar refractivity (Wildman–Crippen MR) is 141 cm³/mol. The maximum atomic E-state index is 11.3. The number of carboxylic acids is 1. The molecule has 192 valence electrons. The maximum absolute atomic E-state index is 11.3. The molecule has 0 radical (unpaired) electrons. The minimum atomic E-state index is -0.945. The van der Waals surface area contributed by atoms with Gasteiger partial charge in [0.25, 0.3) is 0 Å². The third kappa shape index (κ3) is 6.46. The zero-order valence-corrected chi connectivity index (χ0v) is 21.2. The van der Waals surface area contributed by atoms with Gasteiger partial charge in [-0.25, -0.2) is 4.79 Å². The maximum Gasteiger partial charge on any atom is 0.333 e. The van der Waals surface area contributed by atoms with E-state index in [1.54, 1.807) is 14.0 Å². The fraction of sp³-hybridized carbons (Fsp3) is 0.448. The Hall–Kier alpha value is -3.32. The van der Waals surface area contributed by atoms with Gasteiger partial charge in [-0.1, -0.05) is 42.6 Å². The van der Waals surface area contributed by atoms with E-state index < -0.39 is 12.1 Å². The lowest BCUT2D eigenvalue weighted by atomic mass is 9.83. The lowest BCUT2D eigenvalue weighted by Crippen LogP contribution is -2.26. The van der Waals surface area contributed by atoms with Crippen molar-refractivity contribution in [2.75, 3.05) is 20.3 Å². The van der Waals surface area contributed by atoms with Crippen LogP contribution in [-0.2, 0) is 27.3 Å². The number of carboxylic acid groups (broad SMARTS) is 1. The summed E-state index contributed by atoms with van der Waals surface area (Å²) in [4.78, 5) is 16.5. The summed E-state index contributed by atoms with van der Waals surface area (Å²) in [5.74, 6) is 0.278.